The van der Waals surface area contributed by atoms with E-state index in [2.05, 4.69) is 0 Å². The predicted octanol–water partition coefficient (Wildman–Crippen LogP) is 4.32. The van der Waals surface area contributed by atoms with Crippen LogP contribution in [0.25, 0.3) is 0 Å². The van der Waals surface area contributed by atoms with E-state index >= 15 is 0 Å². The van der Waals surface area contributed by atoms with Crippen LogP contribution in [-0.2, 0) is 0 Å². The van der Waals surface area contributed by atoms with Crippen LogP contribution >= 0.6 is 11.6 Å². The Balaban J connectivity index is 2.57. The van der Waals surface area contributed by atoms with Crippen LogP contribution in [0.3, 0.4) is 0 Å². The van der Waals surface area contributed by atoms with Crippen molar-refractivity contribution in [3.8, 4) is 0 Å². The van der Waals surface area contributed by atoms with E-state index in [1.54, 1.807) is 24.1 Å². The van der Waals surface area contributed by atoms with E-state index in [0.29, 0.717) is 5.69 Å². The Hall–Kier alpha value is -2.07. The van der Waals surface area contributed by atoms with Gasteiger partial charge in [0, 0.05) is 12.7 Å². The van der Waals surface area contributed by atoms with Gasteiger partial charge in [0.05, 0.1) is 4.92 Å². The third kappa shape index (κ3) is 2.53. The lowest BCUT2D eigenvalue weighted by Crippen LogP contribution is -2.12. The quantitative estimate of drug-likeness (QED) is 0.619. The number of hydrogen-bond acceptors (Lipinski definition) is 3. The second-order valence-electron chi connectivity index (χ2n) is 4.21. The molecule has 0 saturated heterocycles. The highest BCUT2D eigenvalue weighted by atomic mass is 35.5. The molecule has 0 aromatic heterocycles. The van der Waals surface area contributed by atoms with E-state index in [4.69, 9.17) is 11.6 Å². The standard InChI is InChI=1S/C14H13ClN2O2/c1-10-6-3-4-8-12(10)16(2)13-9-5-7-11(15)14(13)17(18)19/h3-9H,1-2H3. The van der Waals surface area contributed by atoms with Crippen LogP contribution in [0, 0.1) is 17.0 Å². The van der Waals surface area contributed by atoms with Gasteiger partial charge < -0.3 is 4.90 Å². The first-order valence-corrected chi connectivity index (χ1v) is 6.12. The average molecular weight is 277 g/mol. The third-order valence-electron chi connectivity index (χ3n) is 2.99. The van der Waals surface area contributed by atoms with Crippen molar-refractivity contribution in [3.05, 3.63) is 63.2 Å². The van der Waals surface area contributed by atoms with Gasteiger partial charge in [-0.05, 0) is 30.7 Å². The fraction of sp³-hybridized carbons (Fsp3) is 0.143. The SMILES string of the molecule is Cc1ccccc1N(C)c1cccc(Cl)c1[N+](=O)[O-]. The minimum absolute atomic E-state index is 0.0741. The molecular formula is C14H13ClN2O2. The van der Waals surface area contributed by atoms with Gasteiger partial charge in [-0.25, -0.2) is 0 Å². The molecule has 0 amide bonds. The number of benzene rings is 2. The Kier molecular flexibility index (Phi) is 3.71. The largest absolute Gasteiger partial charge is 0.339 e. The summed E-state index contributed by atoms with van der Waals surface area (Å²) in [4.78, 5) is 12.5. The maximum absolute atomic E-state index is 11.2. The molecule has 2 aromatic rings. The highest BCUT2D eigenvalue weighted by molar-refractivity contribution is 6.33. The van der Waals surface area contributed by atoms with Gasteiger partial charge in [-0.3, -0.25) is 10.1 Å². The van der Waals surface area contributed by atoms with E-state index < -0.39 is 4.92 Å². The van der Waals surface area contributed by atoms with Gasteiger partial charge >= 0.3 is 5.69 Å². The van der Waals surface area contributed by atoms with Crippen LogP contribution in [-0.4, -0.2) is 12.0 Å². The van der Waals surface area contributed by atoms with Crippen LogP contribution in [0.5, 0.6) is 0 Å². The lowest BCUT2D eigenvalue weighted by atomic mass is 10.1. The van der Waals surface area contributed by atoms with E-state index in [1.165, 1.54) is 6.07 Å². The minimum atomic E-state index is -0.452. The second kappa shape index (κ2) is 5.28. The molecule has 0 bridgehead atoms. The van der Waals surface area contributed by atoms with Crippen molar-refractivity contribution in [2.45, 2.75) is 6.92 Å². The monoisotopic (exact) mass is 276 g/mol. The number of para-hydroxylation sites is 2. The Morgan fingerprint density at radius 3 is 2.37 bits per heavy atom. The van der Waals surface area contributed by atoms with Crippen LogP contribution in [0.15, 0.2) is 42.5 Å². The highest BCUT2D eigenvalue weighted by Crippen LogP contribution is 2.38. The molecule has 2 aromatic carbocycles. The number of nitro benzene ring substituents is 1. The number of hydrogen-bond donors (Lipinski definition) is 0. The Morgan fingerprint density at radius 2 is 1.74 bits per heavy atom. The normalized spacial score (nSPS) is 10.3. The fourth-order valence-electron chi connectivity index (χ4n) is 2.02. The Labute approximate surface area is 116 Å². The molecule has 5 heteroatoms. The number of nitrogens with zero attached hydrogens (tertiary/aromatic N) is 2. The zero-order valence-corrected chi connectivity index (χ0v) is 11.4. The molecule has 0 heterocycles. The molecule has 0 radical (unpaired) electrons. The van der Waals surface area contributed by atoms with Crippen molar-refractivity contribution >= 4 is 28.7 Å². The summed E-state index contributed by atoms with van der Waals surface area (Å²) < 4.78 is 0. The van der Waals surface area contributed by atoms with Gasteiger partial charge in [0.15, 0.2) is 0 Å². The highest BCUT2D eigenvalue weighted by Gasteiger charge is 2.22. The molecule has 2 rings (SSSR count). The van der Waals surface area contributed by atoms with E-state index in [9.17, 15) is 10.1 Å². The van der Waals surface area contributed by atoms with Crippen LogP contribution < -0.4 is 4.90 Å². The molecule has 0 aliphatic carbocycles. The molecule has 0 atom stereocenters. The topological polar surface area (TPSA) is 46.4 Å². The summed E-state index contributed by atoms with van der Waals surface area (Å²) >= 11 is 5.93. The molecular weight excluding hydrogens is 264 g/mol. The number of aryl methyl sites for hydroxylation is 1. The van der Waals surface area contributed by atoms with E-state index in [0.717, 1.165) is 11.3 Å². The van der Waals surface area contributed by atoms with Gasteiger partial charge in [0.25, 0.3) is 0 Å². The van der Waals surface area contributed by atoms with Crippen molar-refractivity contribution in [3.63, 3.8) is 0 Å². The zero-order chi connectivity index (χ0) is 14.0. The maximum Gasteiger partial charge on any atom is 0.311 e. The van der Waals surface area contributed by atoms with Gasteiger partial charge in [0.1, 0.15) is 10.7 Å². The number of halogens is 1. The van der Waals surface area contributed by atoms with E-state index in [1.807, 2.05) is 31.2 Å². The number of nitro groups is 1. The second-order valence-corrected chi connectivity index (χ2v) is 4.62. The van der Waals surface area contributed by atoms with Crippen molar-refractivity contribution in [2.24, 2.45) is 0 Å². The van der Waals surface area contributed by atoms with Crippen molar-refractivity contribution in [1.82, 2.24) is 0 Å². The summed E-state index contributed by atoms with van der Waals surface area (Å²) in [7, 11) is 1.79. The molecule has 98 valence electrons. The summed E-state index contributed by atoms with van der Waals surface area (Å²) in [6, 6.07) is 12.6. The van der Waals surface area contributed by atoms with Gasteiger partial charge in [0.2, 0.25) is 0 Å². The molecule has 0 unspecified atom stereocenters. The van der Waals surface area contributed by atoms with Crippen molar-refractivity contribution < 1.29 is 4.92 Å². The summed E-state index contributed by atoms with van der Waals surface area (Å²) in [5, 5.41) is 11.3. The van der Waals surface area contributed by atoms with Crippen LogP contribution in [0.4, 0.5) is 17.1 Å². The maximum atomic E-state index is 11.2. The predicted molar refractivity (Wildman–Crippen MR) is 77.3 cm³/mol. The van der Waals surface area contributed by atoms with Gasteiger partial charge in [-0.15, -0.1) is 0 Å². The molecule has 0 N–H and O–H groups in total. The first kappa shape index (κ1) is 13.4. The average Bonchev–Trinajstić information content (AvgIpc) is 2.37. The van der Waals surface area contributed by atoms with Crippen molar-refractivity contribution in [1.29, 1.82) is 0 Å². The fourth-order valence-corrected chi connectivity index (χ4v) is 2.26. The first-order chi connectivity index (χ1) is 9.02. The summed E-state index contributed by atoms with van der Waals surface area (Å²) in [5.74, 6) is 0. The summed E-state index contributed by atoms with van der Waals surface area (Å²) in [5.41, 5.74) is 2.36. The first-order valence-electron chi connectivity index (χ1n) is 5.74. The third-order valence-corrected chi connectivity index (χ3v) is 3.29. The minimum Gasteiger partial charge on any atom is -0.339 e. The molecule has 0 aliphatic heterocycles. The Bertz CT molecular complexity index is 629. The molecule has 0 fully saturated rings. The lowest BCUT2D eigenvalue weighted by molar-refractivity contribution is -0.383. The lowest BCUT2D eigenvalue weighted by Gasteiger charge is -2.21. The molecule has 4 nitrogen and oxygen atoms in total. The van der Waals surface area contributed by atoms with Crippen molar-refractivity contribution in [2.75, 3.05) is 11.9 Å². The van der Waals surface area contributed by atoms with Gasteiger partial charge in [-0.1, -0.05) is 35.9 Å². The molecule has 19 heavy (non-hydrogen) atoms. The Morgan fingerprint density at radius 1 is 1.11 bits per heavy atom. The van der Waals surface area contributed by atoms with Crippen LogP contribution in [0.1, 0.15) is 5.56 Å². The molecule has 0 saturated carbocycles. The molecule has 0 spiro atoms. The summed E-state index contributed by atoms with van der Waals surface area (Å²) in [6.07, 6.45) is 0. The van der Waals surface area contributed by atoms with E-state index in [-0.39, 0.29) is 10.7 Å². The molecule has 0 aliphatic rings. The number of anilines is 2. The summed E-state index contributed by atoms with van der Waals surface area (Å²) in [6.45, 7) is 1.96. The van der Waals surface area contributed by atoms with Crippen LogP contribution in [0.2, 0.25) is 5.02 Å². The number of rotatable bonds is 3. The zero-order valence-electron chi connectivity index (χ0n) is 10.6. The van der Waals surface area contributed by atoms with Gasteiger partial charge in [-0.2, -0.15) is 0 Å². The smallest absolute Gasteiger partial charge is 0.311 e.